The van der Waals surface area contributed by atoms with E-state index in [1.54, 1.807) is 0 Å². The molecule has 0 saturated heterocycles. The van der Waals surface area contributed by atoms with Gasteiger partial charge in [0.2, 0.25) is 5.91 Å². The second kappa shape index (κ2) is 6.72. The van der Waals surface area contributed by atoms with Gasteiger partial charge < -0.3 is 10.4 Å². The Labute approximate surface area is 175 Å². The zero-order valence-corrected chi connectivity index (χ0v) is 18.7. The maximum absolute atomic E-state index is 13.1. The number of amides is 1. The molecule has 0 spiro atoms. The topological polar surface area (TPSA) is 66.4 Å². The fraction of sp³-hybridized carbons (Fsp3) is 0.760. The molecule has 0 aromatic rings. The number of fused-ring (bicyclic) bond motifs is 5. The summed E-state index contributed by atoms with van der Waals surface area (Å²) in [6.07, 6.45) is 11.4. The van der Waals surface area contributed by atoms with Gasteiger partial charge in [-0.25, -0.2) is 4.79 Å². The molecule has 4 aliphatic carbocycles. The van der Waals surface area contributed by atoms with Gasteiger partial charge in [0.05, 0.1) is 0 Å². The molecule has 4 nitrogen and oxygen atoms in total. The minimum atomic E-state index is -0.769. The summed E-state index contributed by atoms with van der Waals surface area (Å²) in [5, 5.41) is 12.7. The number of carbonyl (C=O) groups is 2. The fourth-order valence-electron chi connectivity index (χ4n) is 7.38. The molecule has 2 fully saturated rings. The summed E-state index contributed by atoms with van der Waals surface area (Å²) in [6.45, 7) is 10.9. The number of rotatable bonds is 2. The van der Waals surface area contributed by atoms with Gasteiger partial charge in [-0.1, -0.05) is 19.9 Å². The molecule has 0 unspecified atom stereocenters. The predicted octanol–water partition coefficient (Wildman–Crippen LogP) is 5.10. The van der Waals surface area contributed by atoms with Gasteiger partial charge in [0.25, 0.3) is 0 Å². The van der Waals surface area contributed by atoms with Gasteiger partial charge in [0.15, 0.2) is 0 Å². The van der Waals surface area contributed by atoms with Gasteiger partial charge in [-0.2, -0.15) is 0 Å². The first-order chi connectivity index (χ1) is 13.5. The highest BCUT2D eigenvalue weighted by Crippen LogP contribution is 2.66. The molecule has 4 rings (SSSR count). The Balaban J connectivity index is 1.60. The lowest BCUT2D eigenvalue weighted by Crippen LogP contribution is -2.52. The van der Waals surface area contributed by atoms with Crippen molar-refractivity contribution in [3.63, 3.8) is 0 Å². The van der Waals surface area contributed by atoms with Gasteiger partial charge in [-0.05, 0) is 106 Å². The predicted molar refractivity (Wildman–Crippen MR) is 114 cm³/mol. The van der Waals surface area contributed by atoms with Crippen LogP contribution < -0.4 is 5.32 Å². The van der Waals surface area contributed by atoms with Crippen molar-refractivity contribution in [3.05, 3.63) is 23.3 Å². The van der Waals surface area contributed by atoms with Gasteiger partial charge in [0.1, 0.15) is 0 Å². The molecule has 29 heavy (non-hydrogen) atoms. The van der Waals surface area contributed by atoms with Gasteiger partial charge >= 0.3 is 5.97 Å². The molecule has 0 aliphatic heterocycles. The second-order valence-electron chi connectivity index (χ2n) is 11.6. The average molecular weight is 400 g/mol. The molecule has 0 heterocycles. The van der Waals surface area contributed by atoms with Crippen LogP contribution in [0.1, 0.15) is 79.6 Å². The second-order valence-corrected chi connectivity index (χ2v) is 11.6. The average Bonchev–Trinajstić information content (AvgIpc) is 2.96. The normalized spacial score (nSPS) is 41.4. The van der Waals surface area contributed by atoms with Crippen molar-refractivity contribution in [1.82, 2.24) is 5.32 Å². The molecular weight excluding hydrogens is 362 g/mol. The zero-order chi connectivity index (χ0) is 21.2. The number of aliphatic carboxylic acids is 1. The molecule has 1 amide bonds. The van der Waals surface area contributed by atoms with Crippen LogP contribution in [0.4, 0.5) is 0 Å². The van der Waals surface area contributed by atoms with Crippen LogP contribution in [0.25, 0.3) is 0 Å². The van der Waals surface area contributed by atoms with E-state index in [0.717, 1.165) is 38.5 Å². The van der Waals surface area contributed by atoms with Crippen molar-refractivity contribution >= 4 is 11.9 Å². The fourth-order valence-corrected chi connectivity index (χ4v) is 7.38. The Morgan fingerprint density at radius 1 is 1.10 bits per heavy atom. The van der Waals surface area contributed by atoms with Gasteiger partial charge in [0, 0.05) is 17.0 Å². The van der Waals surface area contributed by atoms with Crippen LogP contribution >= 0.6 is 0 Å². The van der Waals surface area contributed by atoms with E-state index in [9.17, 15) is 14.7 Å². The lowest BCUT2D eigenvalue weighted by atomic mass is 9.48. The van der Waals surface area contributed by atoms with E-state index in [1.807, 2.05) is 6.08 Å². The molecule has 2 N–H and O–H groups in total. The molecule has 160 valence electrons. The lowest BCUT2D eigenvalue weighted by molar-refractivity contribution is -0.133. The van der Waals surface area contributed by atoms with Crippen LogP contribution in [0.15, 0.2) is 23.3 Å². The molecule has 0 aromatic carbocycles. The monoisotopic (exact) mass is 399 g/mol. The highest BCUT2D eigenvalue weighted by Gasteiger charge is 2.59. The van der Waals surface area contributed by atoms with Crippen LogP contribution in [-0.2, 0) is 9.59 Å². The van der Waals surface area contributed by atoms with Crippen molar-refractivity contribution in [2.24, 2.45) is 34.5 Å². The number of hydrogen-bond donors (Lipinski definition) is 2. The minimum Gasteiger partial charge on any atom is -0.478 e. The molecule has 0 aromatic heterocycles. The van der Waals surface area contributed by atoms with Crippen molar-refractivity contribution in [2.75, 3.05) is 0 Å². The van der Waals surface area contributed by atoms with E-state index >= 15 is 0 Å². The molecule has 0 radical (unpaired) electrons. The third-order valence-electron chi connectivity index (χ3n) is 8.86. The van der Waals surface area contributed by atoms with Crippen LogP contribution in [0.5, 0.6) is 0 Å². The Bertz CT molecular complexity index is 788. The highest BCUT2D eigenvalue weighted by atomic mass is 16.4. The van der Waals surface area contributed by atoms with Crippen LogP contribution in [-0.4, -0.2) is 22.5 Å². The van der Waals surface area contributed by atoms with E-state index in [4.69, 9.17) is 0 Å². The van der Waals surface area contributed by atoms with E-state index in [-0.39, 0.29) is 28.2 Å². The third kappa shape index (κ3) is 3.27. The molecule has 0 bridgehead atoms. The van der Waals surface area contributed by atoms with Crippen LogP contribution in [0, 0.1) is 34.5 Å². The Morgan fingerprint density at radius 3 is 2.48 bits per heavy atom. The molecule has 4 aliphatic rings. The molecule has 2 saturated carbocycles. The van der Waals surface area contributed by atoms with Crippen molar-refractivity contribution in [3.8, 4) is 0 Å². The summed E-state index contributed by atoms with van der Waals surface area (Å²) in [4.78, 5) is 24.6. The van der Waals surface area contributed by atoms with E-state index in [1.165, 1.54) is 5.57 Å². The smallest absolute Gasteiger partial charge is 0.331 e. The Kier molecular flexibility index (Phi) is 4.79. The van der Waals surface area contributed by atoms with Crippen molar-refractivity contribution < 1.29 is 14.7 Å². The summed E-state index contributed by atoms with van der Waals surface area (Å²) in [5.74, 6) is 1.42. The van der Waals surface area contributed by atoms with E-state index < -0.39 is 5.97 Å². The number of allylic oxidation sites excluding steroid dienone is 3. The number of carboxylic acid groups (broad SMARTS) is 1. The first kappa shape index (κ1) is 20.7. The van der Waals surface area contributed by atoms with Crippen LogP contribution in [0.3, 0.4) is 0 Å². The summed E-state index contributed by atoms with van der Waals surface area (Å²) in [6, 6.07) is 0. The summed E-state index contributed by atoms with van der Waals surface area (Å²) in [5.41, 5.74) is 1.82. The molecule has 6 atom stereocenters. The maximum atomic E-state index is 13.1. The summed E-state index contributed by atoms with van der Waals surface area (Å²) >= 11 is 0. The Hall–Kier alpha value is -1.58. The number of hydrogen-bond acceptors (Lipinski definition) is 2. The number of carboxylic acids is 1. The third-order valence-corrected chi connectivity index (χ3v) is 8.86. The molecular formula is C25H37NO3. The van der Waals surface area contributed by atoms with Gasteiger partial charge in [-0.15, -0.1) is 0 Å². The zero-order valence-electron chi connectivity index (χ0n) is 18.7. The summed E-state index contributed by atoms with van der Waals surface area (Å²) < 4.78 is 0. The largest absolute Gasteiger partial charge is 0.478 e. The van der Waals surface area contributed by atoms with Crippen LogP contribution in [0.2, 0.25) is 0 Å². The highest BCUT2D eigenvalue weighted by molar-refractivity contribution is 5.87. The van der Waals surface area contributed by atoms with Crippen molar-refractivity contribution in [2.45, 2.75) is 85.1 Å². The van der Waals surface area contributed by atoms with Crippen molar-refractivity contribution in [1.29, 1.82) is 0 Å². The number of nitrogens with one attached hydrogen (secondary N) is 1. The summed E-state index contributed by atoms with van der Waals surface area (Å²) in [7, 11) is 0. The minimum absolute atomic E-state index is 0.0922. The van der Waals surface area contributed by atoms with Gasteiger partial charge in [-0.3, -0.25) is 4.79 Å². The molecule has 4 heteroatoms. The van der Waals surface area contributed by atoms with E-state index in [0.29, 0.717) is 29.7 Å². The Morgan fingerprint density at radius 2 is 1.83 bits per heavy atom. The quantitative estimate of drug-likeness (QED) is 0.679. The lowest BCUT2D eigenvalue weighted by Gasteiger charge is -2.57. The SMILES string of the molecule is CC(C)(C)NC(=O)[C@H]1CC[C@H]2[C@@H]3CC=C4C=C(C(=O)O)CC[C@]4(C)[C@H]3CC[C@@]12C. The van der Waals surface area contributed by atoms with E-state index in [2.05, 4.69) is 46.0 Å². The first-order valence-corrected chi connectivity index (χ1v) is 11.4. The standard InChI is InChI=1S/C25H37NO3/c1-23(2,3)26-21(27)20-9-8-18-17-7-6-16-14-15(22(28)29)10-12-24(16,4)19(17)11-13-25(18,20)5/h6,14,17-20H,7-13H2,1-5H3,(H,26,27)(H,28,29)/t17-,18-,19-,20+,24-,25+/m0/s1. The number of carbonyl (C=O) groups excluding carboxylic acids is 1. The first-order valence-electron chi connectivity index (χ1n) is 11.4. The maximum Gasteiger partial charge on any atom is 0.331 e.